The van der Waals surface area contributed by atoms with E-state index in [1.54, 1.807) is 18.3 Å². The van der Waals surface area contributed by atoms with Gasteiger partial charge in [-0.2, -0.15) is 0 Å². The molecule has 0 spiro atoms. The van der Waals surface area contributed by atoms with Gasteiger partial charge in [0.15, 0.2) is 0 Å². The van der Waals surface area contributed by atoms with Crippen LogP contribution in [0, 0.1) is 11.7 Å². The average Bonchev–Trinajstić information content (AvgIpc) is 2.59. The van der Waals surface area contributed by atoms with Crippen LogP contribution in [-0.4, -0.2) is 34.3 Å². The molecule has 1 fully saturated rings. The molecular formula is C18H19FN2O4. The SMILES string of the molecule is COc1ccc([C@H](NC(=O)c2cc(O)ccc2F)C2CC(O)C2)cn1. The second kappa shape index (κ2) is 7.06. The summed E-state index contributed by atoms with van der Waals surface area (Å²) in [6, 6.07) is 6.35. The van der Waals surface area contributed by atoms with Crippen LogP contribution < -0.4 is 10.1 Å². The van der Waals surface area contributed by atoms with E-state index in [1.807, 2.05) is 0 Å². The van der Waals surface area contributed by atoms with Crippen molar-refractivity contribution < 1.29 is 24.1 Å². The van der Waals surface area contributed by atoms with Crippen LogP contribution in [0.4, 0.5) is 4.39 Å². The Kier molecular flexibility index (Phi) is 4.85. The van der Waals surface area contributed by atoms with Crippen molar-refractivity contribution in [1.82, 2.24) is 10.3 Å². The minimum Gasteiger partial charge on any atom is -0.508 e. The minimum absolute atomic E-state index is 0.0227. The standard InChI is InChI=1S/C18H19FN2O4/c1-25-16-5-2-10(9-20-16)17(11-6-13(23)7-11)21-18(24)14-8-12(22)3-4-15(14)19/h2-5,8-9,11,13,17,22-23H,6-7H2,1H3,(H,21,24)/t11?,13?,17-/m0/s1. The maximum absolute atomic E-state index is 13.9. The fourth-order valence-electron chi connectivity index (χ4n) is 2.98. The zero-order valence-electron chi connectivity index (χ0n) is 13.6. The second-order valence-electron chi connectivity index (χ2n) is 6.13. The van der Waals surface area contributed by atoms with Gasteiger partial charge in [-0.1, -0.05) is 6.07 Å². The van der Waals surface area contributed by atoms with Crippen molar-refractivity contribution in [1.29, 1.82) is 0 Å². The smallest absolute Gasteiger partial charge is 0.254 e. The molecule has 0 bridgehead atoms. The van der Waals surface area contributed by atoms with E-state index >= 15 is 0 Å². The van der Waals surface area contributed by atoms with Crippen molar-refractivity contribution >= 4 is 5.91 Å². The van der Waals surface area contributed by atoms with Gasteiger partial charge in [-0.05, 0) is 42.5 Å². The van der Waals surface area contributed by atoms with Gasteiger partial charge < -0.3 is 20.3 Å². The van der Waals surface area contributed by atoms with Gasteiger partial charge in [0.25, 0.3) is 5.91 Å². The van der Waals surface area contributed by atoms with Crippen LogP contribution in [0.3, 0.4) is 0 Å². The number of amides is 1. The molecule has 1 amide bonds. The largest absolute Gasteiger partial charge is 0.508 e. The first-order valence-electron chi connectivity index (χ1n) is 7.95. The number of aliphatic hydroxyl groups is 1. The van der Waals surface area contributed by atoms with Crippen molar-refractivity contribution in [2.45, 2.75) is 25.0 Å². The number of methoxy groups -OCH3 is 1. The molecule has 1 aromatic heterocycles. The Hall–Kier alpha value is -2.67. The minimum atomic E-state index is -0.712. The molecule has 0 aliphatic heterocycles. The molecule has 1 aliphatic rings. The zero-order chi connectivity index (χ0) is 18.0. The third-order valence-corrected chi connectivity index (χ3v) is 4.43. The molecule has 132 valence electrons. The van der Waals surface area contributed by atoms with Crippen LogP contribution in [0.15, 0.2) is 36.5 Å². The molecule has 1 atom stereocenters. The Morgan fingerprint density at radius 3 is 2.72 bits per heavy atom. The lowest BCUT2D eigenvalue weighted by Crippen LogP contribution is -2.41. The van der Waals surface area contributed by atoms with Gasteiger partial charge in [-0.25, -0.2) is 9.37 Å². The van der Waals surface area contributed by atoms with Crippen molar-refractivity contribution in [2.75, 3.05) is 7.11 Å². The second-order valence-corrected chi connectivity index (χ2v) is 6.13. The highest BCUT2D eigenvalue weighted by Crippen LogP contribution is 2.38. The molecule has 6 nitrogen and oxygen atoms in total. The van der Waals surface area contributed by atoms with E-state index in [0.29, 0.717) is 18.7 Å². The number of hydrogen-bond donors (Lipinski definition) is 3. The van der Waals surface area contributed by atoms with Crippen molar-refractivity contribution in [3.8, 4) is 11.6 Å². The number of nitrogens with zero attached hydrogens (tertiary/aromatic N) is 1. The first kappa shape index (κ1) is 17.2. The van der Waals surface area contributed by atoms with Crippen LogP contribution in [0.5, 0.6) is 11.6 Å². The number of halogens is 1. The van der Waals surface area contributed by atoms with Crippen molar-refractivity contribution in [3.63, 3.8) is 0 Å². The number of rotatable bonds is 5. The number of nitrogens with one attached hydrogen (secondary N) is 1. The molecule has 0 saturated heterocycles. The molecule has 0 unspecified atom stereocenters. The van der Waals surface area contributed by atoms with Gasteiger partial charge in [0.05, 0.1) is 24.8 Å². The number of aliphatic hydroxyl groups excluding tert-OH is 1. The summed E-state index contributed by atoms with van der Waals surface area (Å²) in [6.45, 7) is 0. The number of benzene rings is 1. The lowest BCUT2D eigenvalue weighted by atomic mass is 9.75. The van der Waals surface area contributed by atoms with Gasteiger partial charge in [0, 0.05) is 12.3 Å². The number of carbonyl (C=O) groups excluding carboxylic acids is 1. The van der Waals surface area contributed by atoms with Gasteiger partial charge in [0.1, 0.15) is 11.6 Å². The van der Waals surface area contributed by atoms with Crippen LogP contribution in [-0.2, 0) is 0 Å². The van der Waals surface area contributed by atoms with E-state index in [9.17, 15) is 19.4 Å². The van der Waals surface area contributed by atoms with E-state index in [2.05, 4.69) is 10.3 Å². The molecule has 2 aromatic rings. The third-order valence-electron chi connectivity index (χ3n) is 4.43. The molecule has 1 saturated carbocycles. The summed E-state index contributed by atoms with van der Waals surface area (Å²) < 4.78 is 18.9. The Balaban J connectivity index is 1.84. The predicted octanol–water partition coefficient (Wildman–Crippen LogP) is 2.18. The number of aromatic hydroxyl groups is 1. The summed E-state index contributed by atoms with van der Waals surface area (Å²) in [7, 11) is 1.51. The average molecular weight is 346 g/mol. The van der Waals surface area contributed by atoms with Crippen LogP contribution in [0.2, 0.25) is 0 Å². The summed E-state index contributed by atoms with van der Waals surface area (Å²) >= 11 is 0. The Morgan fingerprint density at radius 1 is 1.36 bits per heavy atom. The van der Waals surface area contributed by atoms with Gasteiger partial charge in [-0.3, -0.25) is 4.79 Å². The summed E-state index contributed by atoms with van der Waals surface area (Å²) in [5.41, 5.74) is 0.512. The number of aromatic nitrogens is 1. The number of pyridine rings is 1. The maximum atomic E-state index is 13.9. The summed E-state index contributed by atoms with van der Waals surface area (Å²) in [5.74, 6) is -1.06. The van der Waals surface area contributed by atoms with Crippen LogP contribution in [0.25, 0.3) is 0 Å². The molecule has 3 N–H and O–H groups in total. The van der Waals surface area contributed by atoms with E-state index in [0.717, 1.165) is 17.7 Å². The topological polar surface area (TPSA) is 91.7 Å². The van der Waals surface area contributed by atoms with Crippen LogP contribution >= 0.6 is 0 Å². The molecule has 1 aromatic carbocycles. The lowest BCUT2D eigenvalue weighted by Gasteiger charge is -2.38. The van der Waals surface area contributed by atoms with Crippen molar-refractivity contribution in [2.24, 2.45) is 5.92 Å². The molecule has 1 heterocycles. The molecule has 7 heteroatoms. The zero-order valence-corrected chi connectivity index (χ0v) is 13.6. The van der Waals surface area contributed by atoms with Gasteiger partial charge >= 0.3 is 0 Å². The molecular weight excluding hydrogens is 327 g/mol. The number of ether oxygens (including phenoxy) is 1. The van der Waals surface area contributed by atoms with E-state index in [4.69, 9.17) is 4.74 Å². The van der Waals surface area contributed by atoms with E-state index in [1.165, 1.54) is 13.2 Å². The van der Waals surface area contributed by atoms with E-state index < -0.39 is 23.9 Å². The van der Waals surface area contributed by atoms with Crippen molar-refractivity contribution in [3.05, 3.63) is 53.5 Å². The Labute approximate surface area is 144 Å². The molecule has 0 radical (unpaired) electrons. The third kappa shape index (κ3) is 3.71. The quantitative estimate of drug-likeness (QED) is 0.772. The number of carbonyl (C=O) groups is 1. The fraction of sp³-hybridized carbons (Fsp3) is 0.333. The predicted molar refractivity (Wildman–Crippen MR) is 87.8 cm³/mol. The number of hydrogen-bond acceptors (Lipinski definition) is 5. The molecule has 3 rings (SSSR count). The highest BCUT2D eigenvalue weighted by molar-refractivity contribution is 5.95. The van der Waals surface area contributed by atoms with E-state index in [-0.39, 0.29) is 17.2 Å². The van der Waals surface area contributed by atoms with Crippen LogP contribution in [0.1, 0.15) is 34.8 Å². The summed E-state index contributed by atoms with van der Waals surface area (Å²) in [5, 5.41) is 21.9. The number of phenolic OH excluding ortho intramolecular Hbond substituents is 1. The number of phenols is 1. The fourth-order valence-corrected chi connectivity index (χ4v) is 2.98. The molecule has 1 aliphatic carbocycles. The lowest BCUT2D eigenvalue weighted by molar-refractivity contribution is 0.0234. The highest BCUT2D eigenvalue weighted by Gasteiger charge is 2.36. The first-order valence-corrected chi connectivity index (χ1v) is 7.95. The summed E-state index contributed by atoms with van der Waals surface area (Å²) in [4.78, 5) is 16.6. The molecule has 25 heavy (non-hydrogen) atoms. The van der Waals surface area contributed by atoms with Gasteiger partial charge in [-0.15, -0.1) is 0 Å². The van der Waals surface area contributed by atoms with Gasteiger partial charge in [0.2, 0.25) is 5.88 Å². The Bertz CT molecular complexity index is 760. The highest BCUT2D eigenvalue weighted by atomic mass is 19.1. The normalized spacial score (nSPS) is 20.4. The first-order chi connectivity index (χ1) is 12.0. The Morgan fingerprint density at radius 2 is 2.12 bits per heavy atom. The maximum Gasteiger partial charge on any atom is 0.254 e. The summed E-state index contributed by atoms with van der Waals surface area (Å²) in [6.07, 6.45) is 2.28. The monoisotopic (exact) mass is 346 g/mol.